The number of benzene rings is 1. The molecule has 11 heteroatoms. The second-order valence-electron chi connectivity index (χ2n) is 5.36. The normalized spacial score (nSPS) is 10.9. The molecule has 0 saturated carbocycles. The van der Waals surface area contributed by atoms with Gasteiger partial charge in [-0.15, -0.1) is 13.2 Å². The van der Waals surface area contributed by atoms with Crippen molar-refractivity contribution < 1.29 is 32.2 Å². The molecule has 2 amide bonds. The monoisotopic (exact) mass is 417 g/mol. The van der Waals surface area contributed by atoms with Crippen LogP contribution in [0.1, 0.15) is 17.3 Å². The van der Waals surface area contributed by atoms with Gasteiger partial charge in [-0.05, 0) is 24.3 Å². The predicted octanol–water partition coefficient (Wildman–Crippen LogP) is 3.40. The minimum absolute atomic E-state index is 0.0224. The Morgan fingerprint density at radius 2 is 1.96 bits per heavy atom. The quantitative estimate of drug-likeness (QED) is 0.674. The Balaban J connectivity index is 1.84. The summed E-state index contributed by atoms with van der Waals surface area (Å²) >= 11 is 5.85. The Bertz CT molecular complexity index is 862. The van der Waals surface area contributed by atoms with Gasteiger partial charge in [-0.3, -0.25) is 9.59 Å². The second kappa shape index (κ2) is 9.27. The van der Waals surface area contributed by atoms with Gasteiger partial charge in [0.1, 0.15) is 23.9 Å². The summed E-state index contributed by atoms with van der Waals surface area (Å²) in [5, 5.41) is 4.99. The van der Waals surface area contributed by atoms with Gasteiger partial charge in [-0.1, -0.05) is 11.6 Å². The molecule has 0 fully saturated rings. The number of ether oxygens (including phenoxy) is 2. The van der Waals surface area contributed by atoms with Crippen molar-refractivity contribution in [1.82, 2.24) is 10.3 Å². The van der Waals surface area contributed by atoms with Crippen LogP contribution >= 0.6 is 11.6 Å². The van der Waals surface area contributed by atoms with E-state index < -0.39 is 18.0 Å². The van der Waals surface area contributed by atoms with E-state index in [2.05, 4.69) is 20.4 Å². The molecule has 0 bridgehead atoms. The lowest BCUT2D eigenvalue weighted by molar-refractivity contribution is -0.274. The van der Waals surface area contributed by atoms with Gasteiger partial charge in [0.15, 0.2) is 0 Å². The summed E-state index contributed by atoms with van der Waals surface area (Å²) in [4.78, 5) is 27.0. The Labute approximate surface area is 162 Å². The number of carbonyl (C=O) groups is 2. The third kappa shape index (κ3) is 6.95. The fourth-order valence-electron chi connectivity index (χ4n) is 2.04. The van der Waals surface area contributed by atoms with E-state index in [-0.39, 0.29) is 41.2 Å². The van der Waals surface area contributed by atoms with Gasteiger partial charge in [-0.2, -0.15) is 0 Å². The van der Waals surface area contributed by atoms with E-state index in [9.17, 15) is 22.8 Å². The van der Waals surface area contributed by atoms with E-state index in [4.69, 9.17) is 16.3 Å². The van der Waals surface area contributed by atoms with Crippen molar-refractivity contribution in [3.8, 4) is 11.5 Å². The van der Waals surface area contributed by atoms with Crippen LogP contribution in [0.2, 0.25) is 5.02 Å². The van der Waals surface area contributed by atoms with Crippen LogP contribution in [0.25, 0.3) is 0 Å². The molecule has 28 heavy (non-hydrogen) atoms. The number of nitrogens with one attached hydrogen (secondary N) is 2. The van der Waals surface area contributed by atoms with E-state index in [1.54, 1.807) is 0 Å². The lowest BCUT2D eigenvalue weighted by Gasteiger charge is -2.12. The number of hydrogen-bond donors (Lipinski definition) is 2. The zero-order chi connectivity index (χ0) is 20.7. The first-order valence-corrected chi connectivity index (χ1v) is 8.22. The zero-order valence-corrected chi connectivity index (χ0v) is 15.2. The van der Waals surface area contributed by atoms with Crippen LogP contribution in [0, 0.1) is 0 Å². The molecule has 1 heterocycles. The van der Waals surface area contributed by atoms with Crippen molar-refractivity contribution in [2.24, 2.45) is 0 Å². The Morgan fingerprint density at radius 3 is 2.61 bits per heavy atom. The molecule has 150 valence electrons. The number of anilines is 1. The lowest BCUT2D eigenvalue weighted by Crippen LogP contribution is -2.28. The number of amides is 2. The molecule has 1 aromatic heterocycles. The van der Waals surface area contributed by atoms with E-state index in [0.717, 1.165) is 12.1 Å². The predicted molar refractivity (Wildman–Crippen MR) is 94.5 cm³/mol. The first kappa shape index (κ1) is 21.3. The molecule has 0 aliphatic heterocycles. The molecule has 7 nitrogen and oxygen atoms in total. The average molecular weight is 418 g/mol. The van der Waals surface area contributed by atoms with Gasteiger partial charge in [-0.25, -0.2) is 4.98 Å². The highest BCUT2D eigenvalue weighted by Gasteiger charge is 2.31. The third-order valence-corrected chi connectivity index (χ3v) is 3.40. The van der Waals surface area contributed by atoms with Gasteiger partial charge < -0.3 is 20.1 Å². The topological polar surface area (TPSA) is 89.6 Å². The highest BCUT2D eigenvalue weighted by molar-refractivity contribution is 6.32. The number of pyridine rings is 1. The number of hydrogen-bond acceptors (Lipinski definition) is 5. The molecular formula is C17H15ClF3N3O4. The fraction of sp³-hybridized carbons (Fsp3) is 0.235. The van der Waals surface area contributed by atoms with Crippen LogP contribution in [0.3, 0.4) is 0 Å². The molecule has 2 aromatic rings. The molecule has 1 aromatic carbocycles. The minimum atomic E-state index is -4.82. The Hall–Kier alpha value is -3.01. The van der Waals surface area contributed by atoms with Crippen molar-refractivity contribution in [2.45, 2.75) is 13.3 Å². The second-order valence-corrected chi connectivity index (χ2v) is 5.76. The standard InChI is InChI=1S/C17H15ClF3N3O4/c1-10(25)24-15-8-11(4-5-22-15)16(26)23-6-7-27-14-3-2-12(9-13(14)18)28-17(19,20)21/h2-5,8-9H,6-7H2,1H3,(H,23,26)(H,22,24,25). The van der Waals surface area contributed by atoms with Gasteiger partial charge in [0.2, 0.25) is 5.91 Å². The minimum Gasteiger partial charge on any atom is -0.490 e. The molecule has 0 spiro atoms. The van der Waals surface area contributed by atoms with Crippen LogP contribution in [0.4, 0.5) is 19.0 Å². The van der Waals surface area contributed by atoms with Gasteiger partial charge in [0, 0.05) is 24.8 Å². The number of rotatable bonds is 7. The summed E-state index contributed by atoms with van der Waals surface area (Å²) in [6, 6.07) is 6.15. The summed E-state index contributed by atoms with van der Waals surface area (Å²) in [5.41, 5.74) is 0.283. The van der Waals surface area contributed by atoms with Crippen molar-refractivity contribution in [3.63, 3.8) is 0 Å². The highest BCUT2D eigenvalue weighted by Crippen LogP contribution is 2.31. The summed E-state index contributed by atoms with van der Waals surface area (Å²) in [6.07, 6.45) is -3.44. The smallest absolute Gasteiger partial charge is 0.490 e. The number of aromatic nitrogens is 1. The summed E-state index contributed by atoms with van der Waals surface area (Å²) in [5.74, 6) is -0.822. The van der Waals surface area contributed by atoms with E-state index in [1.165, 1.54) is 31.3 Å². The molecule has 2 N–H and O–H groups in total. The molecule has 0 radical (unpaired) electrons. The lowest BCUT2D eigenvalue weighted by atomic mass is 10.2. The fourth-order valence-corrected chi connectivity index (χ4v) is 2.27. The molecule has 0 saturated heterocycles. The van der Waals surface area contributed by atoms with Crippen LogP contribution < -0.4 is 20.1 Å². The van der Waals surface area contributed by atoms with Crippen molar-refractivity contribution in [2.75, 3.05) is 18.5 Å². The third-order valence-electron chi connectivity index (χ3n) is 3.11. The first-order chi connectivity index (χ1) is 13.1. The maximum absolute atomic E-state index is 12.2. The zero-order valence-electron chi connectivity index (χ0n) is 14.5. The van der Waals surface area contributed by atoms with E-state index in [0.29, 0.717) is 0 Å². The van der Waals surface area contributed by atoms with Gasteiger partial charge in [0.05, 0.1) is 11.6 Å². The van der Waals surface area contributed by atoms with Gasteiger partial charge in [0.25, 0.3) is 5.91 Å². The number of alkyl halides is 3. The van der Waals surface area contributed by atoms with Crippen molar-refractivity contribution in [3.05, 3.63) is 47.1 Å². The molecular weight excluding hydrogens is 403 g/mol. The largest absolute Gasteiger partial charge is 0.573 e. The number of carbonyl (C=O) groups excluding carboxylic acids is 2. The van der Waals surface area contributed by atoms with E-state index >= 15 is 0 Å². The average Bonchev–Trinajstić information content (AvgIpc) is 2.58. The van der Waals surface area contributed by atoms with Crippen LogP contribution in [-0.2, 0) is 4.79 Å². The summed E-state index contributed by atoms with van der Waals surface area (Å²) in [6.45, 7) is 1.45. The molecule has 0 unspecified atom stereocenters. The SMILES string of the molecule is CC(=O)Nc1cc(C(=O)NCCOc2ccc(OC(F)(F)F)cc2Cl)ccn1. The Kier molecular flexibility index (Phi) is 7.05. The number of nitrogens with zero attached hydrogens (tertiary/aromatic N) is 1. The summed E-state index contributed by atoms with van der Waals surface area (Å²) < 4.78 is 45.6. The Morgan fingerprint density at radius 1 is 1.21 bits per heavy atom. The van der Waals surface area contributed by atoms with Crippen molar-refractivity contribution >= 4 is 29.2 Å². The van der Waals surface area contributed by atoms with Crippen LogP contribution in [0.15, 0.2) is 36.5 Å². The van der Waals surface area contributed by atoms with Crippen molar-refractivity contribution in [1.29, 1.82) is 0 Å². The molecule has 0 aliphatic rings. The van der Waals surface area contributed by atoms with Gasteiger partial charge >= 0.3 is 6.36 Å². The first-order valence-electron chi connectivity index (χ1n) is 7.84. The highest BCUT2D eigenvalue weighted by atomic mass is 35.5. The molecule has 0 atom stereocenters. The van der Waals surface area contributed by atoms with Crippen LogP contribution in [0.5, 0.6) is 11.5 Å². The summed E-state index contributed by atoms with van der Waals surface area (Å²) in [7, 11) is 0. The molecule has 0 aliphatic carbocycles. The maximum atomic E-state index is 12.2. The number of halogens is 4. The van der Waals surface area contributed by atoms with Crippen LogP contribution in [-0.4, -0.2) is 36.3 Å². The maximum Gasteiger partial charge on any atom is 0.573 e. The molecule has 2 rings (SSSR count). The van der Waals surface area contributed by atoms with E-state index in [1.807, 2.05) is 0 Å².